The molecule has 0 saturated carbocycles. The maximum absolute atomic E-state index is 5.35. The van der Waals surface area contributed by atoms with Gasteiger partial charge >= 0.3 is 0 Å². The fourth-order valence-corrected chi connectivity index (χ4v) is 1.34. The van der Waals surface area contributed by atoms with Gasteiger partial charge in [0.25, 0.3) is 0 Å². The van der Waals surface area contributed by atoms with Gasteiger partial charge in [0.2, 0.25) is 0 Å². The van der Waals surface area contributed by atoms with Crippen LogP contribution < -0.4 is 10.6 Å². The molecular weight excluding hydrogens is 208 g/mol. The van der Waals surface area contributed by atoms with Gasteiger partial charge in [-0.1, -0.05) is 48.5 Å². The molecule has 17 heavy (non-hydrogen) atoms. The molecule has 0 heterocycles. The van der Waals surface area contributed by atoms with Crippen molar-refractivity contribution in [3.8, 4) is 0 Å². The Balaban J connectivity index is 0.000000171. The molecular formula is C15H20N2. The van der Waals surface area contributed by atoms with Gasteiger partial charge in [0.05, 0.1) is 0 Å². The summed E-state index contributed by atoms with van der Waals surface area (Å²) in [6, 6.07) is 20.3. The lowest BCUT2D eigenvalue weighted by molar-refractivity contribution is 1.07. The topological polar surface area (TPSA) is 29.3 Å². The highest BCUT2D eigenvalue weighted by Gasteiger charge is 1.87. The molecule has 2 heteroatoms. The van der Waals surface area contributed by atoms with Crippen LogP contribution in [-0.2, 0) is 6.54 Å². The third kappa shape index (κ3) is 5.18. The van der Waals surface area contributed by atoms with Crippen LogP contribution in [0.2, 0.25) is 0 Å². The van der Waals surface area contributed by atoms with Crippen LogP contribution >= 0.6 is 0 Å². The Hall–Kier alpha value is -1.80. The first-order valence-electron chi connectivity index (χ1n) is 5.70. The third-order valence-corrected chi connectivity index (χ3v) is 2.35. The molecule has 0 atom stereocenters. The summed E-state index contributed by atoms with van der Waals surface area (Å²) in [4.78, 5) is 2.08. The highest BCUT2D eigenvalue weighted by molar-refractivity contribution is 5.43. The Morgan fingerprint density at radius 1 is 0.824 bits per heavy atom. The Labute approximate surface area is 104 Å². The minimum Gasteiger partial charge on any atom is -0.378 e. The molecule has 0 spiro atoms. The van der Waals surface area contributed by atoms with Gasteiger partial charge in [-0.15, -0.1) is 0 Å². The zero-order valence-electron chi connectivity index (χ0n) is 10.5. The second-order valence-corrected chi connectivity index (χ2v) is 3.92. The van der Waals surface area contributed by atoms with Gasteiger partial charge in [-0.2, -0.15) is 0 Å². The summed E-state index contributed by atoms with van der Waals surface area (Å²) in [6.07, 6.45) is 0. The van der Waals surface area contributed by atoms with Crippen molar-refractivity contribution in [1.82, 2.24) is 0 Å². The van der Waals surface area contributed by atoms with Crippen LogP contribution in [0.1, 0.15) is 5.56 Å². The second-order valence-electron chi connectivity index (χ2n) is 3.92. The number of rotatable bonds is 2. The SMILES string of the molecule is CN(C)c1ccccc1.NCc1ccccc1. The minimum atomic E-state index is 0.640. The van der Waals surface area contributed by atoms with E-state index in [0.717, 1.165) is 0 Å². The monoisotopic (exact) mass is 228 g/mol. The summed E-state index contributed by atoms with van der Waals surface area (Å²) >= 11 is 0. The molecule has 90 valence electrons. The van der Waals surface area contributed by atoms with Crippen molar-refractivity contribution >= 4 is 5.69 Å². The number of nitrogens with zero attached hydrogens (tertiary/aromatic N) is 1. The summed E-state index contributed by atoms with van der Waals surface area (Å²) in [7, 11) is 4.07. The number of para-hydroxylation sites is 1. The highest BCUT2D eigenvalue weighted by Crippen LogP contribution is 2.07. The maximum Gasteiger partial charge on any atom is 0.0360 e. The predicted octanol–water partition coefficient (Wildman–Crippen LogP) is 2.90. The average molecular weight is 228 g/mol. The van der Waals surface area contributed by atoms with Gasteiger partial charge in [-0.3, -0.25) is 0 Å². The Morgan fingerprint density at radius 3 is 1.59 bits per heavy atom. The molecule has 2 rings (SSSR count). The molecule has 0 aliphatic heterocycles. The fraction of sp³-hybridized carbons (Fsp3) is 0.200. The zero-order valence-corrected chi connectivity index (χ0v) is 10.5. The van der Waals surface area contributed by atoms with Gasteiger partial charge in [-0.05, 0) is 17.7 Å². The van der Waals surface area contributed by atoms with Crippen molar-refractivity contribution in [2.24, 2.45) is 5.73 Å². The van der Waals surface area contributed by atoms with Crippen LogP contribution in [0.5, 0.6) is 0 Å². The molecule has 0 saturated heterocycles. The van der Waals surface area contributed by atoms with Crippen molar-refractivity contribution in [2.45, 2.75) is 6.54 Å². The number of hydrogen-bond donors (Lipinski definition) is 1. The molecule has 0 unspecified atom stereocenters. The van der Waals surface area contributed by atoms with Crippen molar-refractivity contribution in [2.75, 3.05) is 19.0 Å². The normalized spacial score (nSPS) is 9.12. The second kappa shape index (κ2) is 7.47. The molecule has 2 aromatic carbocycles. The summed E-state index contributed by atoms with van der Waals surface area (Å²) in [6.45, 7) is 0.640. The van der Waals surface area contributed by atoms with Crippen LogP contribution in [0.15, 0.2) is 60.7 Å². The van der Waals surface area contributed by atoms with Crippen LogP contribution in [0.25, 0.3) is 0 Å². The Bertz CT molecular complexity index is 396. The molecule has 2 N–H and O–H groups in total. The standard InChI is InChI=1S/C8H11N.C7H9N/c1-9(2)8-6-4-3-5-7-8;8-6-7-4-2-1-3-5-7/h3-7H,1-2H3;1-5H,6,8H2. The number of anilines is 1. The number of hydrogen-bond acceptors (Lipinski definition) is 2. The van der Waals surface area contributed by atoms with Crippen molar-refractivity contribution < 1.29 is 0 Å². The first-order valence-corrected chi connectivity index (χ1v) is 5.70. The summed E-state index contributed by atoms with van der Waals surface area (Å²) in [5, 5.41) is 0. The summed E-state index contributed by atoms with van der Waals surface area (Å²) < 4.78 is 0. The van der Waals surface area contributed by atoms with Crippen LogP contribution in [0.3, 0.4) is 0 Å². The molecule has 0 radical (unpaired) electrons. The van der Waals surface area contributed by atoms with Gasteiger partial charge in [-0.25, -0.2) is 0 Å². The van der Waals surface area contributed by atoms with E-state index >= 15 is 0 Å². The van der Waals surface area contributed by atoms with Gasteiger partial charge in [0.1, 0.15) is 0 Å². The van der Waals surface area contributed by atoms with E-state index in [2.05, 4.69) is 17.0 Å². The molecule has 0 bridgehead atoms. The smallest absolute Gasteiger partial charge is 0.0360 e. The third-order valence-electron chi connectivity index (χ3n) is 2.35. The molecule has 0 aromatic heterocycles. The quantitative estimate of drug-likeness (QED) is 0.856. The lowest BCUT2D eigenvalue weighted by atomic mass is 10.2. The van der Waals surface area contributed by atoms with E-state index in [1.807, 2.05) is 62.6 Å². The average Bonchev–Trinajstić information content (AvgIpc) is 2.41. The molecule has 0 fully saturated rings. The molecule has 2 aromatic rings. The van der Waals surface area contributed by atoms with E-state index in [9.17, 15) is 0 Å². The van der Waals surface area contributed by atoms with Crippen molar-refractivity contribution in [3.63, 3.8) is 0 Å². The highest BCUT2D eigenvalue weighted by atomic mass is 15.1. The lowest BCUT2D eigenvalue weighted by Crippen LogP contribution is -2.07. The largest absolute Gasteiger partial charge is 0.378 e. The van der Waals surface area contributed by atoms with E-state index in [1.165, 1.54) is 11.3 Å². The van der Waals surface area contributed by atoms with Crippen molar-refractivity contribution in [1.29, 1.82) is 0 Å². The summed E-state index contributed by atoms with van der Waals surface area (Å²) in [5.41, 5.74) is 7.78. The van der Waals surface area contributed by atoms with Gasteiger partial charge < -0.3 is 10.6 Å². The molecule has 0 amide bonds. The van der Waals surface area contributed by atoms with E-state index in [1.54, 1.807) is 0 Å². The van der Waals surface area contributed by atoms with E-state index < -0.39 is 0 Å². The number of nitrogens with two attached hydrogens (primary N) is 1. The molecule has 2 nitrogen and oxygen atoms in total. The minimum absolute atomic E-state index is 0.640. The first-order chi connectivity index (χ1) is 8.24. The van der Waals surface area contributed by atoms with Gasteiger partial charge in [0, 0.05) is 26.3 Å². The summed E-state index contributed by atoms with van der Waals surface area (Å²) in [5.74, 6) is 0. The Morgan fingerprint density at radius 2 is 1.29 bits per heavy atom. The zero-order chi connectivity index (χ0) is 12.5. The fourth-order valence-electron chi connectivity index (χ4n) is 1.34. The van der Waals surface area contributed by atoms with E-state index in [-0.39, 0.29) is 0 Å². The van der Waals surface area contributed by atoms with Crippen LogP contribution in [-0.4, -0.2) is 14.1 Å². The molecule has 0 aliphatic carbocycles. The molecule has 0 aliphatic rings. The van der Waals surface area contributed by atoms with E-state index in [4.69, 9.17) is 5.73 Å². The van der Waals surface area contributed by atoms with Crippen LogP contribution in [0.4, 0.5) is 5.69 Å². The van der Waals surface area contributed by atoms with Crippen LogP contribution in [0, 0.1) is 0 Å². The van der Waals surface area contributed by atoms with Gasteiger partial charge in [0.15, 0.2) is 0 Å². The lowest BCUT2D eigenvalue weighted by Gasteiger charge is -2.10. The first kappa shape index (κ1) is 13.3. The van der Waals surface area contributed by atoms with E-state index in [0.29, 0.717) is 6.54 Å². The van der Waals surface area contributed by atoms with Crippen molar-refractivity contribution in [3.05, 3.63) is 66.2 Å². The number of benzene rings is 2. The maximum atomic E-state index is 5.35. The predicted molar refractivity (Wildman–Crippen MR) is 75.1 cm³/mol. The Kier molecular flexibility index (Phi) is 5.83.